The highest BCUT2D eigenvalue weighted by Gasteiger charge is 2.19. The van der Waals surface area contributed by atoms with Gasteiger partial charge in [-0.25, -0.2) is 4.52 Å². The van der Waals surface area contributed by atoms with Gasteiger partial charge in [0.2, 0.25) is 5.91 Å². The summed E-state index contributed by atoms with van der Waals surface area (Å²) in [5.41, 5.74) is 7.44. The molecule has 8 nitrogen and oxygen atoms in total. The van der Waals surface area contributed by atoms with Crippen molar-refractivity contribution in [2.24, 2.45) is 7.05 Å². The van der Waals surface area contributed by atoms with E-state index in [9.17, 15) is 10.1 Å². The van der Waals surface area contributed by atoms with Gasteiger partial charge in [0.1, 0.15) is 6.07 Å². The van der Waals surface area contributed by atoms with E-state index in [2.05, 4.69) is 45.2 Å². The van der Waals surface area contributed by atoms with Crippen LogP contribution in [0, 0.1) is 11.3 Å². The van der Waals surface area contributed by atoms with Crippen molar-refractivity contribution >= 4 is 28.4 Å². The Bertz CT molecular complexity index is 1470. The van der Waals surface area contributed by atoms with E-state index >= 15 is 0 Å². The number of pyridine rings is 1. The van der Waals surface area contributed by atoms with Crippen molar-refractivity contribution in [1.82, 2.24) is 19.4 Å². The molecule has 0 bridgehead atoms. The first kappa shape index (κ1) is 21.2. The predicted octanol–water partition coefficient (Wildman–Crippen LogP) is 4.02. The Kier molecular flexibility index (Phi) is 5.44. The summed E-state index contributed by atoms with van der Waals surface area (Å²) in [6.07, 6.45) is 11.7. The first-order valence-electron chi connectivity index (χ1n) is 10.9. The monoisotopic (exact) mass is 449 g/mol. The molecule has 1 aromatic carbocycles. The van der Waals surface area contributed by atoms with Gasteiger partial charge in [0.15, 0.2) is 0 Å². The van der Waals surface area contributed by atoms with Crippen LogP contribution in [0.1, 0.15) is 17.5 Å². The molecule has 5 rings (SSSR count). The predicted molar refractivity (Wildman–Crippen MR) is 132 cm³/mol. The van der Waals surface area contributed by atoms with Crippen LogP contribution in [0.5, 0.6) is 0 Å². The SMILES string of the molecule is C=CC(=O)Nc1ccc(N2CC=C(c3cc(-c4cnn(C)c4)cn4ncc(C#N)c34)CC2)cc1. The van der Waals surface area contributed by atoms with Crippen molar-refractivity contribution in [1.29, 1.82) is 5.26 Å². The zero-order valence-corrected chi connectivity index (χ0v) is 18.8. The number of hydrogen-bond acceptors (Lipinski definition) is 5. The van der Waals surface area contributed by atoms with Gasteiger partial charge in [0, 0.05) is 60.6 Å². The maximum atomic E-state index is 11.5. The van der Waals surface area contributed by atoms with Crippen LogP contribution in [-0.2, 0) is 11.8 Å². The number of nitriles is 1. The van der Waals surface area contributed by atoms with Crippen LogP contribution in [-0.4, -0.2) is 38.4 Å². The second kappa shape index (κ2) is 8.71. The Hall–Kier alpha value is -4.64. The topological polar surface area (TPSA) is 91.2 Å². The van der Waals surface area contributed by atoms with Crippen molar-refractivity contribution in [3.05, 3.63) is 85.0 Å². The lowest BCUT2D eigenvalue weighted by Crippen LogP contribution is -2.28. The number of amides is 1. The van der Waals surface area contributed by atoms with E-state index < -0.39 is 0 Å². The van der Waals surface area contributed by atoms with Crippen LogP contribution in [0.4, 0.5) is 11.4 Å². The third kappa shape index (κ3) is 3.95. The highest BCUT2D eigenvalue weighted by molar-refractivity contribution is 5.99. The zero-order valence-electron chi connectivity index (χ0n) is 18.8. The van der Waals surface area contributed by atoms with Crippen molar-refractivity contribution in [2.75, 3.05) is 23.3 Å². The number of aryl methyl sites for hydroxylation is 1. The average molecular weight is 450 g/mol. The van der Waals surface area contributed by atoms with Crippen molar-refractivity contribution in [2.45, 2.75) is 6.42 Å². The minimum absolute atomic E-state index is 0.227. The molecule has 4 aromatic rings. The standard InChI is InChI=1S/C26H23N7O/c1-3-25(34)30-22-4-6-23(7-5-22)32-10-8-18(9-11-32)24-12-19(21-15-28-31(2)16-21)17-33-26(24)20(13-27)14-29-33/h3-8,12,14-17H,1,9-11H2,2H3,(H,30,34). The van der Waals surface area contributed by atoms with Crippen LogP contribution >= 0.6 is 0 Å². The maximum absolute atomic E-state index is 11.5. The molecule has 0 aliphatic carbocycles. The van der Waals surface area contributed by atoms with Crippen LogP contribution in [0.2, 0.25) is 0 Å². The summed E-state index contributed by atoms with van der Waals surface area (Å²) in [6, 6.07) is 12.2. The Morgan fingerprint density at radius 2 is 2.00 bits per heavy atom. The van der Waals surface area contributed by atoms with Crippen LogP contribution in [0.25, 0.3) is 22.2 Å². The molecule has 1 aliphatic heterocycles. The number of carbonyl (C=O) groups excluding carboxylic acids is 1. The van der Waals surface area contributed by atoms with Crippen molar-refractivity contribution in [3.63, 3.8) is 0 Å². The highest BCUT2D eigenvalue weighted by Crippen LogP contribution is 2.33. The molecule has 0 atom stereocenters. The molecular weight excluding hydrogens is 426 g/mol. The van der Waals surface area contributed by atoms with E-state index in [1.807, 2.05) is 49.9 Å². The Morgan fingerprint density at radius 1 is 1.18 bits per heavy atom. The molecule has 0 fully saturated rings. The fourth-order valence-corrected chi connectivity index (χ4v) is 4.27. The fraction of sp³-hybridized carbons (Fsp3) is 0.154. The molecule has 0 saturated heterocycles. The van der Waals surface area contributed by atoms with Gasteiger partial charge in [-0.3, -0.25) is 9.48 Å². The normalized spacial score (nSPS) is 13.4. The van der Waals surface area contributed by atoms with Crippen LogP contribution < -0.4 is 10.2 Å². The lowest BCUT2D eigenvalue weighted by atomic mass is 9.95. The van der Waals surface area contributed by atoms with Gasteiger partial charge < -0.3 is 10.2 Å². The summed E-state index contributed by atoms with van der Waals surface area (Å²) in [4.78, 5) is 13.8. The van der Waals surface area contributed by atoms with Gasteiger partial charge in [0.25, 0.3) is 0 Å². The van der Waals surface area contributed by atoms with E-state index in [1.165, 1.54) is 11.6 Å². The number of benzene rings is 1. The molecule has 1 aliphatic rings. The van der Waals surface area contributed by atoms with Crippen LogP contribution in [0.3, 0.4) is 0 Å². The van der Waals surface area contributed by atoms with Crippen LogP contribution in [0.15, 0.2) is 73.9 Å². The van der Waals surface area contributed by atoms with Gasteiger partial charge in [-0.05, 0) is 48.4 Å². The van der Waals surface area contributed by atoms with E-state index in [-0.39, 0.29) is 5.91 Å². The molecule has 4 heterocycles. The Morgan fingerprint density at radius 3 is 2.65 bits per heavy atom. The Balaban J connectivity index is 1.45. The van der Waals surface area contributed by atoms with Gasteiger partial charge in [-0.1, -0.05) is 12.7 Å². The summed E-state index contributed by atoms with van der Waals surface area (Å²) in [5, 5.41) is 21.1. The summed E-state index contributed by atoms with van der Waals surface area (Å²) >= 11 is 0. The number of nitrogens with one attached hydrogen (secondary N) is 1. The quantitative estimate of drug-likeness (QED) is 0.465. The average Bonchev–Trinajstić information content (AvgIpc) is 3.50. The molecule has 0 radical (unpaired) electrons. The number of anilines is 2. The number of hydrogen-bond donors (Lipinski definition) is 1. The summed E-state index contributed by atoms with van der Waals surface area (Å²) in [5.74, 6) is -0.227. The third-order valence-corrected chi connectivity index (χ3v) is 6.01. The molecule has 1 amide bonds. The number of fused-ring (bicyclic) bond motifs is 1. The molecular formula is C26H23N7O. The summed E-state index contributed by atoms with van der Waals surface area (Å²) < 4.78 is 3.56. The van der Waals surface area contributed by atoms with Crippen molar-refractivity contribution in [3.8, 4) is 17.2 Å². The second-order valence-electron chi connectivity index (χ2n) is 8.17. The molecule has 168 valence electrons. The third-order valence-electron chi connectivity index (χ3n) is 6.01. The number of rotatable bonds is 5. The van der Waals surface area contributed by atoms with Gasteiger partial charge in [-0.15, -0.1) is 0 Å². The fourth-order valence-electron chi connectivity index (χ4n) is 4.27. The second-order valence-corrected chi connectivity index (χ2v) is 8.17. The molecule has 34 heavy (non-hydrogen) atoms. The molecule has 0 unspecified atom stereocenters. The molecule has 0 spiro atoms. The van der Waals surface area contributed by atoms with Crippen molar-refractivity contribution < 1.29 is 4.79 Å². The zero-order chi connectivity index (χ0) is 23.7. The molecule has 8 heteroatoms. The summed E-state index contributed by atoms with van der Waals surface area (Å²) in [6.45, 7) is 5.06. The lowest BCUT2D eigenvalue weighted by Gasteiger charge is -2.29. The molecule has 3 aromatic heterocycles. The van der Waals surface area contributed by atoms with Gasteiger partial charge in [-0.2, -0.15) is 15.5 Å². The maximum Gasteiger partial charge on any atom is 0.247 e. The van der Waals surface area contributed by atoms with E-state index in [4.69, 9.17) is 0 Å². The van der Waals surface area contributed by atoms with Gasteiger partial charge >= 0.3 is 0 Å². The molecule has 1 N–H and O–H groups in total. The van der Waals surface area contributed by atoms with E-state index in [1.54, 1.807) is 15.4 Å². The molecule has 0 saturated carbocycles. The lowest BCUT2D eigenvalue weighted by molar-refractivity contribution is -0.111. The highest BCUT2D eigenvalue weighted by atomic mass is 16.1. The number of aromatic nitrogens is 4. The van der Waals surface area contributed by atoms with Gasteiger partial charge in [0.05, 0.1) is 23.5 Å². The Labute approximate surface area is 197 Å². The largest absolute Gasteiger partial charge is 0.367 e. The summed E-state index contributed by atoms with van der Waals surface area (Å²) in [7, 11) is 1.89. The first-order valence-corrected chi connectivity index (χ1v) is 10.9. The minimum atomic E-state index is -0.227. The minimum Gasteiger partial charge on any atom is -0.367 e. The van der Waals surface area contributed by atoms with E-state index in [0.29, 0.717) is 5.56 Å². The number of carbonyl (C=O) groups is 1. The van der Waals surface area contributed by atoms with E-state index in [0.717, 1.165) is 53.1 Å². The smallest absolute Gasteiger partial charge is 0.247 e. The number of nitrogens with zero attached hydrogens (tertiary/aromatic N) is 6. The first-order chi connectivity index (χ1) is 16.6.